The van der Waals surface area contributed by atoms with E-state index >= 15 is 0 Å². The Hall–Kier alpha value is -2.66. The van der Waals surface area contributed by atoms with Gasteiger partial charge in [0.1, 0.15) is 0 Å². The third kappa shape index (κ3) is 5.08. The Morgan fingerprint density at radius 2 is 1.75 bits per heavy atom. The van der Waals surface area contributed by atoms with Crippen LogP contribution in [0.4, 0.5) is 0 Å². The van der Waals surface area contributed by atoms with Gasteiger partial charge in [0, 0.05) is 40.4 Å². The van der Waals surface area contributed by atoms with E-state index in [0.29, 0.717) is 30.3 Å². The maximum Gasteiger partial charge on any atom is 0.236 e. The van der Waals surface area contributed by atoms with Gasteiger partial charge in [0.2, 0.25) is 5.91 Å². The first-order chi connectivity index (χ1) is 17.3. The first kappa shape index (κ1) is 25.0. The number of carbonyl (C=O) groups excluding carboxylic acids is 1. The molecule has 1 unspecified atom stereocenters. The minimum Gasteiger partial charge on any atom is -0.354 e. The highest BCUT2D eigenvalue weighted by atomic mass is 16.2. The summed E-state index contributed by atoms with van der Waals surface area (Å²) in [6.45, 7) is 14.4. The molecule has 5 nitrogen and oxygen atoms in total. The van der Waals surface area contributed by atoms with E-state index in [1.165, 1.54) is 39.7 Å². The molecule has 36 heavy (non-hydrogen) atoms. The number of aryl methyl sites for hydroxylation is 2. The Kier molecular flexibility index (Phi) is 7.21. The number of likely N-dealkylation sites (tertiary alicyclic amines) is 2. The van der Waals surface area contributed by atoms with Crippen LogP contribution in [0.3, 0.4) is 0 Å². The fraction of sp³-hybridized carbons (Fsp3) is 0.548. The van der Waals surface area contributed by atoms with Crippen LogP contribution < -0.4 is 0 Å². The van der Waals surface area contributed by atoms with E-state index in [9.17, 15) is 4.79 Å². The zero-order chi connectivity index (χ0) is 25.4. The molecular weight excluding hydrogens is 444 g/mol. The Labute approximate surface area is 216 Å². The standard InChI is InChI=1S/C31H42N4O/c1-20(2)30-27-18-25(9-10-28(27)33-31(30)26-16-21(3)32-22(4)17-26)24-11-14-34(15-12-24)19-29(36)35-13-7-6-8-23(35)5/h9-10,16-18,20,23-24,33H,6-8,11-15,19H2,1-5H3. The van der Waals surface area contributed by atoms with E-state index in [-0.39, 0.29) is 0 Å². The molecule has 0 aliphatic carbocycles. The second kappa shape index (κ2) is 10.4. The van der Waals surface area contributed by atoms with Gasteiger partial charge in [0.15, 0.2) is 0 Å². The van der Waals surface area contributed by atoms with Crippen LogP contribution in [-0.4, -0.2) is 57.9 Å². The summed E-state index contributed by atoms with van der Waals surface area (Å²) in [5.41, 5.74) is 8.61. The van der Waals surface area contributed by atoms with Gasteiger partial charge in [-0.3, -0.25) is 14.7 Å². The number of pyridine rings is 1. The largest absolute Gasteiger partial charge is 0.354 e. The number of piperidine rings is 2. The number of hydrogen-bond acceptors (Lipinski definition) is 3. The molecule has 192 valence electrons. The number of rotatable bonds is 5. The van der Waals surface area contributed by atoms with Crippen molar-refractivity contribution in [2.45, 2.75) is 84.6 Å². The molecule has 0 bridgehead atoms. The van der Waals surface area contributed by atoms with Crippen LogP contribution in [0.25, 0.3) is 22.2 Å². The number of aromatic nitrogens is 2. The number of H-pyrrole nitrogens is 1. The van der Waals surface area contributed by atoms with Crippen LogP contribution in [0.2, 0.25) is 0 Å². The Morgan fingerprint density at radius 3 is 2.42 bits per heavy atom. The fourth-order valence-corrected chi connectivity index (χ4v) is 6.47. The molecule has 0 saturated carbocycles. The summed E-state index contributed by atoms with van der Waals surface area (Å²) in [5.74, 6) is 1.30. The minimum atomic E-state index is 0.324. The predicted molar refractivity (Wildman–Crippen MR) is 149 cm³/mol. The molecule has 1 atom stereocenters. The van der Waals surface area contributed by atoms with Gasteiger partial charge in [-0.25, -0.2) is 0 Å². The molecule has 2 fully saturated rings. The van der Waals surface area contributed by atoms with Crippen LogP contribution in [0.1, 0.15) is 87.2 Å². The molecule has 1 amide bonds. The molecule has 2 aromatic heterocycles. The lowest BCUT2D eigenvalue weighted by Gasteiger charge is -2.37. The van der Waals surface area contributed by atoms with Crippen molar-refractivity contribution in [2.75, 3.05) is 26.2 Å². The summed E-state index contributed by atoms with van der Waals surface area (Å²) in [4.78, 5) is 25.7. The molecule has 0 spiro atoms. The number of aromatic amines is 1. The number of carbonyl (C=O) groups is 1. The van der Waals surface area contributed by atoms with Crippen molar-refractivity contribution in [3.8, 4) is 11.3 Å². The molecule has 4 heterocycles. The van der Waals surface area contributed by atoms with Crippen LogP contribution >= 0.6 is 0 Å². The molecule has 0 radical (unpaired) electrons. The number of nitrogens with one attached hydrogen (secondary N) is 1. The summed E-state index contributed by atoms with van der Waals surface area (Å²) < 4.78 is 0. The number of nitrogens with zero attached hydrogens (tertiary/aromatic N) is 3. The highest BCUT2D eigenvalue weighted by molar-refractivity contribution is 5.92. The van der Waals surface area contributed by atoms with Crippen LogP contribution in [0.15, 0.2) is 30.3 Å². The lowest BCUT2D eigenvalue weighted by molar-refractivity contribution is -0.135. The van der Waals surface area contributed by atoms with E-state index < -0.39 is 0 Å². The topological polar surface area (TPSA) is 52.2 Å². The van der Waals surface area contributed by atoms with Gasteiger partial charge in [-0.1, -0.05) is 19.9 Å². The monoisotopic (exact) mass is 486 g/mol. The molecule has 5 heteroatoms. The van der Waals surface area contributed by atoms with Crippen molar-refractivity contribution < 1.29 is 4.79 Å². The van der Waals surface area contributed by atoms with Crippen molar-refractivity contribution >= 4 is 16.8 Å². The number of amides is 1. The third-order valence-corrected chi connectivity index (χ3v) is 8.35. The normalized spacial score (nSPS) is 19.9. The average Bonchev–Trinajstić information content (AvgIpc) is 3.23. The maximum atomic E-state index is 12.9. The van der Waals surface area contributed by atoms with E-state index in [4.69, 9.17) is 0 Å². The zero-order valence-electron chi connectivity index (χ0n) is 22.7. The van der Waals surface area contributed by atoms with Gasteiger partial charge >= 0.3 is 0 Å². The maximum absolute atomic E-state index is 12.9. The smallest absolute Gasteiger partial charge is 0.236 e. The quantitative estimate of drug-likeness (QED) is 0.445. The minimum absolute atomic E-state index is 0.324. The summed E-state index contributed by atoms with van der Waals surface area (Å²) in [5, 5.41) is 1.35. The first-order valence-corrected chi connectivity index (χ1v) is 13.9. The van der Waals surface area contributed by atoms with Crippen molar-refractivity contribution in [1.29, 1.82) is 0 Å². The molecule has 1 N–H and O–H groups in total. The molecule has 5 rings (SSSR count). The van der Waals surface area contributed by atoms with E-state index in [1.807, 2.05) is 0 Å². The molecule has 3 aromatic rings. The third-order valence-electron chi connectivity index (χ3n) is 8.35. The van der Waals surface area contributed by atoms with Crippen molar-refractivity contribution in [3.63, 3.8) is 0 Å². The lowest BCUT2D eigenvalue weighted by atomic mass is 9.87. The summed E-state index contributed by atoms with van der Waals surface area (Å²) in [6.07, 6.45) is 5.79. The molecule has 2 aliphatic heterocycles. The van der Waals surface area contributed by atoms with E-state index in [0.717, 1.165) is 56.7 Å². The van der Waals surface area contributed by atoms with Crippen molar-refractivity contribution in [3.05, 3.63) is 52.8 Å². The van der Waals surface area contributed by atoms with Gasteiger partial charge in [-0.15, -0.1) is 0 Å². The lowest BCUT2D eigenvalue weighted by Crippen LogP contribution is -2.48. The first-order valence-electron chi connectivity index (χ1n) is 13.9. The molecule has 2 saturated heterocycles. The van der Waals surface area contributed by atoms with Gasteiger partial charge in [-0.2, -0.15) is 0 Å². The Bertz CT molecular complexity index is 1210. The van der Waals surface area contributed by atoms with Crippen molar-refractivity contribution in [1.82, 2.24) is 19.8 Å². The van der Waals surface area contributed by atoms with E-state index in [1.54, 1.807) is 0 Å². The average molecular weight is 487 g/mol. The SMILES string of the molecule is Cc1cc(-c2[nH]c3ccc(C4CCN(CC(=O)N5CCCCC5C)CC4)cc3c2C(C)C)cc(C)n1. The van der Waals surface area contributed by atoms with E-state index in [2.05, 4.69) is 84.7 Å². The highest BCUT2D eigenvalue weighted by Crippen LogP contribution is 2.38. The Balaban J connectivity index is 1.32. The highest BCUT2D eigenvalue weighted by Gasteiger charge is 2.28. The van der Waals surface area contributed by atoms with Crippen LogP contribution in [0.5, 0.6) is 0 Å². The summed E-state index contributed by atoms with van der Waals surface area (Å²) in [6, 6.07) is 11.8. The van der Waals surface area contributed by atoms with Crippen molar-refractivity contribution in [2.24, 2.45) is 0 Å². The predicted octanol–water partition coefficient (Wildman–Crippen LogP) is 6.55. The zero-order valence-corrected chi connectivity index (χ0v) is 22.7. The van der Waals surface area contributed by atoms with Crippen LogP contribution in [0, 0.1) is 13.8 Å². The van der Waals surface area contributed by atoms with Gasteiger partial charge < -0.3 is 9.88 Å². The molecular formula is C31H42N4O. The molecule has 2 aliphatic rings. The summed E-state index contributed by atoms with van der Waals surface area (Å²) in [7, 11) is 0. The van der Waals surface area contributed by atoms with Crippen LogP contribution in [-0.2, 0) is 4.79 Å². The second-order valence-corrected chi connectivity index (χ2v) is 11.5. The number of benzene rings is 1. The summed E-state index contributed by atoms with van der Waals surface area (Å²) >= 11 is 0. The number of fused-ring (bicyclic) bond motifs is 1. The van der Waals surface area contributed by atoms with Gasteiger partial charge in [0.05, 0.1) is 12.2 Å². The fourth-order valence-electron chi connectivity index (χ4n) is 6.47. The molecule has 1 aromatic carbocycles. The van der Waals surface area contributed by atoms with Gasteiger partial charge in [-0.05, 0) is 113 Å². The van der Waals surface area contributed by atoms with Gasteiger partial charge in [0.25, 0.3) is 0 Å². The second-order valence-electron chi connectivity index (χ2n) is 11.5. The Morgan fingerprint density at radius 1 is 1.03 bits per heavy atom. The number of hydrogen-bond donors (Lipinski definition) is 1.